The lowest BCUT2D eigenvalue weighted by atomic mass is 9.57. The number of alkyl carbamates (subject to hydrolysis) is 1. The Hall–Kier alpha value is -4.10. The number of hydrogen-bond acceptors (Lipinski definition) is 11. The van der Waals surface area contributed by atoms with E-state index >= 15 is 0 Å². The van der Waals surface area contributed by atoms with Gasteiger partial charge in [0.05, 0.1) is 18.2 Å². The number of nitrogens with zero attached hydrogens (tertiary/aromatic N) is 2. The number of nitrogens with two attached hydrogens (primary N) is 1. The average molecular weight is 601 g/mol. The maximum Gasteiger partial charge on any atom is 0.407 e. The molecular formula is C30H40N4O9. The molecule has 0 aliphatic heterocycles. The van der Waals surface area contributed by atoms with Crippen molar-refractivity contribution in [3.63, 3.8) is 0 Å². The number of benzene rings is 1. The number of Topliss-reactive ketones (excluding diaryl/α,β-unsaturated/α-hetero) is 2. The molecule has 0 saturated heterocycles. The molecule has 234 valence electrons. The maximum atomic E-state index is 14.1. The van der Waals surface area contributed by atoms with Crippen molar-refractivity contribution < 1.29 is 44.3 Å². The van der Waals surface area contributed by atoms with E-state index in [0.717, 1.165) is 0 Å². The quantitative estimate of drug-likeness (QED) is 0.257. The number of aliphatic hydroxyl groups excluding tert-OH is 2. The number of carbonyl (C=O) groups is 4. The first kappa shape index (κ1) is 31.8. The highest BCUT2D eigenvalue weighted by atomic mass is 16.5. The first-order valence-electron chi connectivity index (χ1n) is 13.9. The Bertz CT molecular complexity index is 1470. The molecule has 43 heavy (non-hydrogen) atoms. The van der Waals surface area contributed by atoms with Crippen LogP contribution in [0, 0.1) is 17.3 Å². The molecule has 1 saturated carbocycles. The molecule has 4 atom stereocenters. The summed E-state index contributed by atoms with van der Waals surface area (Å²) >= 11 is 0. The number of likely N-dealkylation sites (N-methyl/N-ethyl adjacent to an activating group) is 1. The van der Waals surface area contributed by atoms with Crippen LogP contribution in [-0.4, -0.2) is 95.3 Å². The predicted octanol–water partition coefficient (Wildman–Crippen LogP) is 1.30. The molecule has 0 bridgehead atoms. The van der Waals surface area contributed by atoms with Gasteiger partial charge >= 0.3 is 6.09 Å². The van der Waals surface area contributed by atoms with Gasteiger partial charge in [-0.2, -0.15) is 0 Å². The summed E-state index contributed by atoms with van der Waals surface area (Å²) < 4.78 is 5.23. The van der Waals surface area contributed by atoms with Gasteiger partial charge in [-0.1, -0.05) is 20.8 Å². The van der Waals surface area contributed by atoms with Crippen molar-refractivity contribution in [3.8, 4) is 5.75 Å². The smallest absolute Gasteiger partial charge is 0.407 e. The number of ketones is 2. The summed E-state index contributed by atoms with van der Waals surface area (Å²) in [5.41, 5.74) is 2.58. The number of nitrogens with one attached hydrogen (secondary N) is 1. The Kier molecular flexibility index (Phi) is 8.05. The minimum absolute atomic E-state index is 0.0116. The lowest BCUT2D eigenvalue weighted by Gasteiger charge is -2.50. The third-order valence-electron chi connectivity index (χ3n) is 8.32. The molecular weight excluding hydrogens is 560 g/mol. The second-order valence-electron chi connectivity index (χ2n) is 13.1. The molecule has 4 unspecified atom stereocenters. The van der Waals surface area contributed by atoms with E-state index in [-0.39, 0.29) is 53.9 Å². The molecule has 1 fully saturated rings. The van der Waals surface area contributed by atoms with E-state index in [4.69, 9.17) is 10.5 Å². The molecule has 13 heteroatoms. The molecule has 1 aromatic rings. The number of fused-ring (bicyclic) bond motifs is 3. The van der Waals surface area contributed by atoms with Crippen LogP contribution in [0.15, 0.2) is 23.0 Å². The Balaban J connectivity index is 1.84. The van der Waals surface area contributed by atoms with E-state index in [1.165, 1.54) is 4.90 Å². The third kappa shape index (κ3) is 5.20. The highest BCUT2D eigenvalue weighted by molar-refractivity contribution is 6.24. The zero-order valence-electron chi connectivity index (χ0n) is 25.4. The highest BCUT2D eigenvalue weighted by Crippen LogP contribution is 2.54. The SMILES string of the molecule is CN(C)c1cc(CNC(=O)OCC(C)(C)C)c(O)c2c1CC1CC3C(N(C)C)C(=O)C(C(N)=O)=C(O)C3(O)C(=O)C1=C2O. The van der Waals surface area contributed by atoms with Crippen molar-refractivity contribution in [1.82, 2.24) is 10.2 Å². The number of anilines is 1. The van der Waals surface area contributed by atoms with Gasteiger partial charge in [-0.25, -0.2) is 4.79 Å². The standard InChI is InChI=1S/C30H40N4O9/c1-29(2,3)12-43-28(41)32-11-14-10-17(33(4)5)15-8-13-9-16-21(34(6)7)24(37)20(27(31)40)26(39)30(16,42)25(38)18(13)23(36)19(15)22(14)35/h10,13,16,21,35-36,39,42H,8-9,11-12H2,1-7H3,(H2,31,40)(H,32,41). The number of rotatable bonds is 6. The fourth-order valence-corrected chi connectivity index (χ4v) is 6.38. The average Bonchev–Trinajstić information content (AvgIpc) is 2.88. The van der Waals surface area contributed by atoms with Gasteiger partial charge in [0.15, 0.2) is 11.4 Å². The molecule has 4 rings (SSSR count). The molecule has 3 aliphatic carbocycles. The number of hydrogen-bond donors (Lipinski definition) is 6. The Morgan fingerprint density at radius 3 is 2.30 bits per heavy atom. The largest absolute Gasteiger partial charge is 0.508 e. The highest BCUT2D eigenvalue weighted by Gasteiger charge is 2.64. The number of carbonyl (C=O) groups excluding carboxylic acids is 4. The van der Waals surface area contributed by atoms with Crippen LogP contribution in [-0.2, 0) is 32.1 Å². The number of phenols is 1. The van der Waals surface area contributed by atoms with Crippen molar-refractivity contribution in [3.05, 3.63) is 39.7 Å². The van der Waals surface area contributed by atoms with Crippen LogP contribution >= 0.6 is 0 Å². The monoisotopic (exact) mass is 600 g/mol. The summed E-state index contributed by atoms with van der Waals surface area (Å²) in [5.74, 6) is -7.19. The summed E-state index contributed by atoms with van der Waals surface area (Å²) in [4.78, 5) is 55.0. The number of ether oxygens (including phenoxy) is 1. The normalized spacial score (nSPS) is 25.3. The molecule has 0 heterocycles. The van der Waals surface area contributed by atoms with E-state index in [9.17, 15) is 39.6 Å². The number of phenolic OH excluding ortho intramolecular Hbond substituents is 1. The minimum atomic E-state index is -2.72. The fraction of sp³-hybridized carbons (Fsp3) is 0.533. The van der Waals surface area contributed by atoms with Crippen molar-refractivity contribution in [2.45, 2.75) is 51.8 Å². The maximum absolute atomic E-state index is 14.1. The second kappa shape index (κ2) is 10.9. The zero-order chi connectivity index (χ0) is 32.3. The lowest BCUT2D eigenvalue weighted by Crippen LogP contribution is -2.65. The van der Waals surface area contributed by atoms with Gasteiger partial charge in [0, 0.05) is 43.4 Å². The van der Waals surface area contributed by atoms with Crippen LogP contribution in [0.2, 0.25) is 0 Å². The lowest BCUT2D eigenvalue weighted by molar-refractivity contribution is -0.153. The Labute approximate surface area is 249 Å². The molecule has 7 N–H and O–H groups in total. The van der Waals surface area contributed by atoms with Crippen LogP contribution < -0.4 is 16.0 Å². The van der Waals surface area contributed by atoms with Gasteiger partial charge < -0.3 is 41.1 Å². The Morgan fingerprint density at radius 1 is 1.14 bits per heavy atom. The molecule has 3 aliphatic rings. The van der Waals surface area contributed by atoms with Gasteiger partial charge in [-0.05, 0) is 49.9 Å². The zero-order valence-corrected chi connectivity index (χ0v) is 25.4. The number of aromatic hydroxyl groups is 1. The summed E-state index contributed by atoms with van der Waals surface area (Å²) in [7, 11) is 6.62. The summed E-state index contributed by atoms with van der Waals surface area (Å²) in [6.07, 6.45) is -0.564. The predicted molar refractivity (Wildman–Crippen MR) is 156 cm³/mol. The van der Waals surface area contributed by atoms with Crippen molar-refractivity contribution in [2.24, 2.45) is 23.0 Å². The topological polar surface area (TPSA) is 203 Å². The van der Waals surface area contributed by atoms with Gasteiger partial charge in [0.1, 0.15) is 22.8 Å². The van der Waals surface area contributed by atoms with Crippen LogP contribution in [0.4, 0.5) is 10.5 Å². The minimum Gasteiger partial charge on any atom is -0.508 e. The van der Waals surface area contributed by atoms with Crippen LogP contribution in [0.5, 0.6) is 5.75 Å². The molecule has 13 nitrogen and oxygen atoms in total. The second-order valence-corrected chi connectivity index (χ2v) is 13.1. The third-order valence-corrected chi connectivity index (χ3v) is 8.32. The van der Waals surface area contributed by atoms with E-state index in [1.54, 1.807) is 39.2 Å². The molecule has 0 spiro atoms. The first-order valence-corrected chi connectivity index (χ1v) is 13.9. The van der Waals surface area contributed by atoms with Gasteiger partial charge in [0.25, 0.3) is 5.91 Å². The van der Waals surface area contributed by atoms with Gasteiger partial charge in [0.2, 0.25) is 5.78 Å². The fourth-order valence-electron chi connectivity index (χ4n) is 6.38. The van der Waals surface area contributed by atoms with E-state index in [1.807, 2.05) is 20.8 Å². The van der Waals surface area contributed by atoms with E-state index < -0.39 is 64.1 Å². The van der Waals surface area contributed by atoms with Gasteiger partial charge in [-0.15, -0.1) is 0 Å². The van der Waals surface area contributed by atoms with Crippen molar-refractivity contribution >= 4 is 35.0 Å². The number of primary amides is 1. The summed E-state index contributed by atoms with van der Waals surface area (Å²) in [6.45, 7) is 5.72. The van der Waals surface area contributed by atoms with Crippen LogP contribution in [0.3, 0.4) is 0 Å². The van der Waals surface area contributed by atoms with Crippen molar-refractivity contribution in [2.75, 3.05) is 39.7 Å². The first-order chi connectivity index (χ1) is 19.8. The van der Waals surface area contributed by atoms with E-state index in [2.05, 4.69) is 5.32 Å². The van der Waals surface area contributed by atoms with Crippen LogP contribution in [0.25, 0.3) is 5.76 Å². The van der Waals surface area contributed by atoms with Gasteiger partial charge in [-0.3, -0.25) is 19.3 Å². The number of amides is 2. The molecule has 0 radical (unpaired) electrons. The summed E-state index contributed by atoms with van der Waals surface area (Å²) in [5, 5.41) is 48.3. The number of aliphatic hydroxyl groups is 3. The molecule has 0 aromatic heterocycles. The van der Waals surface area contributed by atoms with Crippen molar-refractivity contribution in [1.29, 1.82) is 0 Å². The van der Waals surface area contributed by atoms with E-state index in [0.29, 0.717) is 11.3 Å². The molecule has 2 amide bonds. The summed E-state index contributed by atoms with van der Waals surface area (Å²) in [6, 6.07) is 0.503. The Morgan fingerprint density at radius 2 is 1.77 bits per heavy atom. The van der Waals surface area contributed by atoms with Crippen LogP contribution in [0.1, 0.15) is 43.9 Å². The molecule has 1 aromatic carbocycles.